The van der Waals surface area contributed by atoms with E-state index in [9.17, 15) is 19.5 Å². The van der Waals surface area contributed by atoms with Crippen molar-refractivity contribution in [3.05, 3.63) is 22.8 Å². The minimum Gasteiger partial charge on any atom is -0.477 e. The highest BCUT2D eigenvalue weighted by Crippen LogP contribution is 2.39. The number of β-lactam (4-membered cyclic amide) rings is 1. The standard InChI is InChI=1S/C16H22N4O4S2/c17-12-14(22)20-13(16(23)24)11(9-26-15(12)20)1-7-25-8-6-18-2-4-19(10-21)5-3-18/h1,7,10,12,15H,2-6,8-9,17H2,(H,23,24)/t12-,15-/m1/s1. The molecule has 3 aliphatic heterocycles. The van der Waals surface area contributed by atoms with E-state index in [1.165, 1.54) is 16.7 Å². The lowest BCUT2D eigenvalue weighted by atomic mass is 10.0. The number of nitrogens with two attached hydrogens (primary N) is 1. The lowest BCUT2D eigenvalue weighted by molar-refractivity contribution is -0.147. The van der Waals surface area contributed by atoms with Gasteiger partial charge in [-0.1, -0.05) is 0 Å². The third kappa shape index (κ3) is 3.93. The number of allylic oxidation sites excluding steroid dienone is 1. The van der Waals surface area contributed by atoms with Crippen LogP contribution in [0.3, 0.4) is 0 Å². The van der Waals surface area contributed by atoms with E-state index in [1.54, 1.807) is 22.7 Å². The molecule has 0 aliphatic carbocycles. The van der Waals surface area contributed by atoms with Crippen molar-refractivity contribution in [3.63, 3.8) is 0 Å². The highest BCUT2D eigenvalue weighted by Gasteiger charge is 2.51. The summed E-state index contributed by atoms with van der Waals surface area (Å²) in [7, 11) is 0. The normalized spacial score (nSPS) is 26.9. The number of rotatable bonds is 7. The summed E-state index contributed by atoms with van der Waals surface area (Å²) >= 11 is 3.11. The van der Waals surface area contributed by atoms with Crippen molar-refractivity contribution in [2.75, 3.05) is 44.2 Å². The molecule has 10 heteroatoms. The molecule has 2 amide bonds. The number of carboxylic acids is 1. The molecule has 3 aliphatic rings. The van der Waals surface area contributed by atoms with Gasteiger partial charge in [0.05, 0.1) is 0 Å². The maximum atomic E-state index is 11.9. The van der Waals surface area contributed by atoms with E-state index in [0.717, 1.165) is 44.9 Å². The predicted molar refractivity (Wildman–Crippen MR) is 101 cm³/mol. The molecule has 0 aromatic rings. The van der Waals surface area contributed by atoms with Crippen LogP contribution in [-0.4, -0.2) is 93.7 Å². The average molecular weight is 399 g/mol. The van der Waals surface area contributed by atoms with Crippen LogP contribution >= 0.6 is 23.5 Å². The monoisotopic (exact) mass is 398 g/mol. The van der Waals surface area contributed by atoms with Crippen LogP contribution in [0.25, 0.3) is 0 Å². The van der Waals surface area contributed by atoms with Gasteiger partial charge >= 0.3 is 5.97 Å². The summed E-state index contributed by atoms with van der Waals surface area (Å²) in [6, 6.07) is -0.603. The van der Waals surface area contributed by atoms with Gasteiger partial charge in [-0.2, -0.15) is 0 Å². The van der Waals surface area contributed by atoms with E-state index in [4.69, 9.17) is 5.73 Å². The van der Waals surface area contributed by atoms with E-state index in [-0.39, 0.29) is 17.0 Å². The molecule has 0 spiro atoms. The molecule has 0 aromatic carbocycles. The topological polar surface area (TPSA) is 107 Å². The van der Waals surface area contributed by atoms with Gasteiger partial charge in [0, 0.05) is 44.2 Å². The molecule has 8 nitrogen and oxygen atoms in total. The number of hydrogen-bond acceptors (Lipinski definition) is 7. The Bertz CT molecular complexity index is 646. The Balaban J connectivity index is 1.50. The number of fused-ring (bicyclic) bond motifs is 1. The second kappa shape index (κ2) is 8.47. The number of hydrogen-bond donors (Lipinski definition) is 2. The number of amides is 2. The first-order valence-electron chi connectivity index (χ1n) is 8.39. The van der Waals surface area contributed by atoms with Gasteiger partial charge in [0.15, 0.2) is 0 Å². The number of carboxylic acid groups (broad SMARTS) is 1. The number of thioether (sulfide) groups is 2. The smallest absolute Gasteiger partial charge is 0.352 e. The van der Waals surface area contributed by atoms with Crippen LogP contribution in [0.15, 0.2) is 22.8 Å². The molecule has 3 heterocycles. The van der Waals surface area contributed by atoms with Crippen molar-refractivity contribution in [2.45, 2.75) is 11.4 Å². The summed E-state index contributed by atoms with van der Waals surface area (Å²) < 4.78 is 0. The number of aliphatic carboxylic acids is 1. The fourth-order valence-corrected chi connectivity index (χ4v) is 5.17. The van der Waals surface area contributed by atoms with Crippen molar-refractivity contribution < 1.29 is 19.5 Å². The Morgan fingerprint density at radius 3 is 2.73 bits per heavy atom. The molecule has 2 atom stereocenters. The van der Waals surface area contributed by atoms with Gasteiger partial charge in [-0.3, -0.25) is 19.4 Å². The first-order chi connectivity index (χ1) is 12.5. The lowest BCUT2D eigenvalue weighted by Crippen LogP contribution is -2.68. The number of carbonyl (C=O) groups excluding carboxylic acids is 2. The van der Waals surface area contributed by atoms with E-state index >= 15 is 0 Å². The molecule has 0 radical (unpaired) electrons. The maximum Gasteiger partial charge on any atom is 0.352 e. The van der Waals surface area contributed by atoms with Crippen LogP contribution in [0.1, 0.15) is 0 Å². The highest BCUT2D eigenvalue weighted by molar-refractivity contribution is 8.02. The second-order valence-electron chi connectivity index (χ2n) is 6.27. The Hall–Kier alpha value is -1.49. The lowest BCUT2D eigenvalue weighted by Gasteiger charge is -2.47. The van der Waals surface area contributed by atoms with Gasteiger partial charge in [0.25, 0.3) is 0 Å². The van der Waals surface area contributed by atoms with Crippen molar-refractivity contribution in [1.82, 2.24) is 14.7 Å². The zero-order valence-corrected chi connectivity index (χ0v) is 15.9. The minimum absolute atomic E-state index is 0.0577. The summed E-state index contributed by atoms with van der Waals surface area (Å²) in [4.78, 5) is 39.5. The molecule has 0 saturated carbocycles. The molecule has 26 heavy (non-hydrogen) atoms. The number of nitrogens with zero attached hydrogens (tertiary/aromatic N) is 3. The molecule has 2 saturated heterocycles. The quantitative estimate of drug-likeness (QED) is 0.339. The zero-order chi connectivity index (χ0) is 18.7. The predicted octanol–water partition coefficient (Wildman–Crippen LogP) is -0.412. The summed E-state index contributed by atoms with van der Waals surface area (Å²) in [5.41, 5.74) is 6.44. The zero-order valence-electron chi connectivity index (χ0n) is 14.2. The number of carbonyl (C=O) groups is 3. The summed E-state index contributed by atoms with van der Waals surface area (Å²) in [6.45, 7) is 4.22. The molecule has 3 rings (SSSR count). The van der Waals surface area contributed by atoms with Gasteiger partial charge in [0.1, 0.15) is 17.1 Å². The summed E-state index contributed by atoms with van der Waals surface area (Å²) in [5, 5.41) is 11.1. The van der Waals surface area contributed by atoms with Crippen molar-refractivity contribution in [3.8, 4) is 0 Å². The van der Waals surface area contributed by atoms with Crippen LogP contribution < -0.4 is 5.73 Å². The van der Waals surface area contributed by atoms with Crippen molar-refractivity contribution in [2.24, 2.45) is 5.73 Å². The van der Waals surface area contributed by atoms with Crippen LogP contribution in [0, 0.1) is 0 Å². The van der Waals surface area contributed by atoms with Gasteiger partial charge in [-0.25, -0.2) is 4.79 Å². The summed E-state index contributed by atoms with van der Waals surface area (Å²) in [5.74, 6) is 0.00582. The fourth-order valence-electron chi connectivity index (χ4n) is 3.14. The Morgan fingerprint density at radius 1 is 1.35 bits per heavy atom. The molecule has 0 aromatic heterocycles. The van der Waals surface area contributed by atoms with E-state index in [1.807, 2.05) is 5.41 Å². The Kier molecular flexibility index (Phi) is 6.28. The van der Waals surface area contributed by atoms with Crippen LogP contribution in [-0.2, 0) is 14.4 Å². The molecule has 0 bridgehead atoms. The van der Waals surface area contributed by atoms with E-state index in [0.29, 0.717) is 11.3 Å². The van der Waals surface area contributed by atoms with Gasteiger partial charge in [-0.05, 0) is 17.1 Å². The van der Waals surface area contributed by atoms with Crippen molar-refractivity contribution in [1.29, 1.82) is 0 Å². The fraction of sp³-hybridized carbons (Fsp3) is 0.562. The largest absolute Gasteiger partial charge is 0.477 e. The second-order valence-corrected chi connectivity index (χ2v) is 8.39. The van der Waals surface area contributed by atoms with Crippen molar-refractivity contribution >= 4 is 41.8 Å². The van der Waals surface area contributed by atoms with Gasteiger partial charge in [0.2, 0.25) is 12.3 Å². The first-order valence-corrected chi connectivity index (χ1v) is 10.5. The molecule has 0 unspecified atom stereocenters. The number of piperazine rings is 1. The van der Waals surface area contributed by atoms with Crippen LogP contribution in [0.5, 0.6) is 0 Å². The first kappa shape index (κ1) is 19.3. The molecule has 142 valence electrons. The van der Waals surface area contributed by atoms with Crippen LogP contribution in [0.2, 0.25) is 0 Å². The Morgan fingerprint density at radius 2 is 2.08 bits per heavy atom. The van der Waals surface area contributed by atoms with Crippen LogP contribution in [0.4, 0.5) is 0 Å². The molecule has 2 fully saturated rings. The SMILES string of the molecule is N[C@@H]1C(=O)N2C(C(=O)O)=C(C=CSCCN3CCN(C=O)CC3)CS[C@H]12. The van der Waals surface area contributed by atoms with Gasteiger partial charge < -0.3 is 15.7 Å². The molecular formula is C16H22N4O4S2. The van der Waals surface area contributed by atoms with E-state index < -0.39 is 12.0 Å². The Labute approximate surface area is 160 Å². The molecule has 3 N–H and O–H groups in total. The average Bonchev–Trinajstić information content (AvgIpc) is 2.66. The third-order valence-electron chi connectivity index (χ3n) is 4.69. The molecular weight excluding hydrogens is 376 g/mol. The highest BCUT2D eigenvalue weighted by atomic mass is 32.2. The van der Waals surface area contributed by atoms with Gasteiger partial charge in [-0.15, -0.1) is 23.5 Å². The maximum absolute atomic E-state index is 11.9. The summed E-state index contributed by atoms with van der Waals surface area (Å²) in [6.07, 6.45) is 2.68. The van der Waals surface area contributed by atoms with E-state index in [2.05, 4.69) is 4.90 Å². The third-order valence-corrected chi connectivity index (χ3v) is 6.76. The minimum atomic E-state index is -1.09.